The van der Waals surface area contributed by atoms with E-state index in [0.29, 0.717) is 17.3 Å². The molecule has 3 aromatic rings. The first kappa shape index (κ1) is 22.9. The molecule has 0 aliphatic carbocycles. The second-order valence-corrected chi connectivity index (χ2v) is 8.24. The van der Waals surface area contributed by atoms with Crippen molar-refractivity contribution in [2.24, 2.45) is 5.92 Å². The van der Waals surface area contributed by atoms with Gasteiger partial charge in [-0.2, -0.15) is 5.10 Å². The number of hydrogen-bond acceptors (Lipinski definition) is 4. The molecule has 0 saturated heterocycles. The van der Waals surface area contributed by atoms with Crippen LogP contribution < -0.4 is 16.2 Å². The summed E-state index contributed by atoms with van der Waals surface area (Å²) in [6.45, 7) is 7.40. The Morgan fingerprint density at radius 2 is 1.59 bits per heavy atom. The van der Waals surface area contributed by atoms with Crippen LogP contribution in [-0.2, 0) is 16.1 Å². The molecule has 0 atom stereocenters. The Bertz CT molecular complexity index is 1150. The van der Waals surface area contributed by atoms with Gasteiger partial charge in [-0.3, -0.25) is 14.4 Å². The highest BCUT2D eigenvalue weighted by atomic mass is 16.2. The third-order valence-electron chi connectivity index (χ3n) is 4.98. The molecule has 2 aromatic carbocycles. The minimum atomic E-state index is -0.538. The topological polar surface area (TPSA) is 93.1 Å². The first-order valence-electron chi connectivity index (χ1n) is 10.6. The summed E-state index contributed by atoms with van der Waals surface area (Å²) in [5.41, 5.74) is 2.61. The maximum absolute atomic E-state index is 12.9. The second-order valence-electron chi connectivity index (χ2n) is 8.24. The third kappa shape index (κ3) is 5.69. The number of aromatic nitrogens is 2. The van der Waals surface area contributed by atoms with E-state index >= 15 is 0 Å². The van der Waals surface area contributed by atoms with E-state index in [0.717, 1.165) is 10.2 Å². The smallest absolute Gasteiger partial charge is 0.291 e. The SMILES string of the molecule is CC(C)C(=O)Nc1cc(-c2ccccc2)nn(CC(=O)Nc2ccc(C(C)C)cc2)c1=O. The minimum Gasteiger partial charge on any atom is -0.324 e. The fourth-order valence-corrected chi connectivity index (χ4v) is 3.05. The normalized spacial score (nSPS) is 10.9. The molecule has 7 nitrogen and oxygen atoms in total. The van der Waals surface area contributed by atoms with Crippen molar-refractivity contribution < 1.29 is 9.59 Å². The van der Waals surface area contributed by atoms with Gasteiger partial charge in [0, 0.05) is 17.2 Å². The highest BCUT2D eigenvalue weighted by Gasteiger charge is 2.16. The molecule has 1 aromatic heterocycles. The lowest BCUT2D eigenvalue weighted by Crippen LogP contribution is -2.33. The number of nitrogens with one attached hydrogen (secondary N) is 2. The maximum atomic E-state index is 12.9. The molecule has 2 N–H and O–H groups in total. The number of rotatable bonds is 7. The van der Waals surface area contributed by atoms with Gasteiger partial charge in [-0.25, -0.2) is 4.68 Å². The van der Waals surface area contributed by atoms with Gasteiger partial charge in [0.2, 0.25) is 11.8 Å². The van der Waals surface area contributed by atoms with Crippen molar-refractivity contribution in [2.45, 2.75) is 40.2 Å². The maximum Gasteiger partial charge on any atom is 0.291 e. The summed E-state index contributed by atoms with van der Waals surface area (Å²) < 4.78 is 1.08. The summed E-state index contributed by atoms with van der Waals surface area (Å²) in [5, 5.41) is 9.82. The monoisotopic (exact) mass is 432 g/mol. The lowest BCUT2D eigenvalue weighted by molar-refractivity contribution is -0.119. The largest absolute Gasteiger partial charge is 0.324 e. The molecule has 0 unspecified atom stereocenters. The molecular formula is C25H28N4O3. The fraction of sp³-hybridized carbons (Fsp3) is 0.280. The van der Waals surface area contributed by atoms with E-state index in [1.165, 1.54) is 11.6 Å². The average Bonchev–Trinajstić information content (AvgIpc) is 2.77. The summed E-state index contributed by atoms with van der Waals surface area (Å²) in [5.74, 6) is -0.576. The molecule has 0 bridgehead atoms. The quantitative estimate of drug-likeness (QED) is 0.583. The lowest BCUT2D eigenvalue weighted by atomic mass is 10.0. The fourth-order valence-electron chi connectivity index (χ4n) is 3.05. The van der Waals surface area contributed by atoms with Gasteiger partial charge in [0.1, 0.15) is 12.2 Å². The van der Waals surface area contributed by atoms with Crippen molar-refractivity contribution in [3.8, 4) is 11.3 Å². The lowest BCUT2D eigenvalue weighted by Gasteiger charge is -2.13. The molecule has 166 valence electrons. The summed E-state index contributed by atoms with van der Waals surface area (Å²) in [6, 6.07) is 18.4. The summed E-state index contributed by atoms with van der Waals surface area (Å²) in [7, 11) is 0. The molecule has 0 fully saturated rings. The molecule has 0 aliphatic rings. The highest BCUT2D eigenvalue weighted by Crippen LogP contribution is 2.19. The predicted molar refractivity (Wildman–Crippen MR) is 127 cm³/mol. The van der Waals surface area contributed by atoms with Crippen LogP contribution >= 0.6 is 0 Å². The molecule has 7 heteroatoms. The van der Waals surface area contributed by atoms with E-state index in [4.69, 9.17) is 0 Å². The Labute approximate surface area is 187 Å². The Hall–Kier alpha value is -3.74. The van der Waals surface area contributed by atoms with Crippen LogP contribution in [0.15, 0.2) is 65.5 Å². The van der Waals surface area contributed by atoms with Gasteiger partial charge >= 0.3 is 0 Å². The molecule has 0 saturated carbocycles. The van der Waals surface area contributed by atoms with Crippen molar-refractivity contribution in [1.29, 1.82) is 0 Å². The van der Waals surface area contributed by atoms with E-state index < -0.39 is 5.56 Å². The van der Waals surface area contributed by atoms with Crippen molar-refractivity contribution in [3.05, 3.63) is 76.6 Å². The van der Waals surface area contributed by atoms with Crippen molar-refractivity contribution in [3.63, 3.8) is 0 Å². The third-order valence-corrected chi connectivity index (χ3v) is 4.98. The first-order valence-corrected chi connectivity index (χ1v) is 10.6. The molecular weight excluding hydrogens is 404 g/mol. The van der Waals surface area contributed by atoms with Gasteiger partial charge < -0.3 is 10.6 Å². The predicted octanol–water partition coefficient (Wildman–Crippen LogP) is 4.27. The number of carbonyl (C=O) groups excluding carboxylic acids is 2. The Morgan fingerprint density at radius 1 is 0.938 bits per heavy atom. The summed E-state index contributed by atoms with van der Waals surface area (Å²) in [4.78, 5) is 37.8. The van der Waals surface area contributed by atoms with Crippen LogP contribution in [0.1, 0.15) is 39.2 Å². The number of amides is 2. The highest BCUT2D eigenvalue weighted by molar-refractivity contribution is 5.93. The van der Waals surface area contributed by atoms with Crippen LogP contribution in [0.5, 0.6) is 0 Å². The van der Waals surface area contributed by atoms with Crippen LogP contribution in [0.4, 0.5) is 11.4 Å². The van der Waals surface area contributed by atoms with Crippen LogP contribution in [0.3, 0.4) is 0 Å². The molecule has 2 amide bonds. The number of carbonyl (C=O) groups is 2. The number of anilines is 2. The van der Waals surface area contributed by atoms with Crippen LogP contribution in [-0.4, -0.2) is 21.6 Å². The van der Waals surface area contributed by atoms with E-state index in [1.54, 1.807) is 13.8 Å². The Kier molecular flexibility index (Phi) is 7.20. The standard InChI is InChI=1S/C25H28N4O3/c1-16(2)18-10-12-20(13-11-18)26-23(30)15-29-25(32)22(27-24(31)17(3)4)14-21(28-29)19-8-6-5-7-9-19/h5-14,16-17H,15H2,1-4H3,(H,26,30)(H,27,31). The Balaban J connectivity index is 1.89. The molecule has 32 heavy (non-hydrogen) atoms. The van der Waals surface area contributed by atoms with Gasteiger partial charge in [0.05, 0.1) is 5.69 Å². The van der Waals surface area contributed by atoms with Crippen LogP contribution in [0.25, 0.3) is 11.3 Å². The number of nitrogens with zero attached hydrogens (tertiary/aromatic N) is 2. The zero-order valence-electron chi connectivity index (χ0n) is 18.8. The zero-order valence-corrected chi connectivity index (χ0v) is 18.8. The van der Waals surface area contributed by atoms with E-state index in [-0.39, 0.29) is 30.0 Å². The van der Waals surface area contributed by atoms with E-state index in [2.05, 4.69) is 29.6 Å². The second kappa shape index (κ2) is 10.0. The van der Waals surface area contributed by atoms with Gasteiger partial charge in [0.15, 0.2) is 0 Å². The van der Waals surface area contributed by atoms with Gasteiger partial charge in [-0.15, -0.1) is 0 Å². The molecule has 0 aliphatic heterocycles. The Morgan fingerprint density at radius 3 is 2.19 bits per heavy atom. The molecule has 0 radical (unpaired) electrons. The van der Waals surface area contributed by atoms with E-state index in [1.807, 2.05) is 54.6 Å². The number of benzene rings is 2. The van der Waals surface area contributed by atoms with Crippen molar-refractivity contribution in [1.82, 2.24) is 9.78 Å². The molecule has 3 rings (SSSR count). The van der Waals surface area contributed by atoms with Crippen molar-refractivity contribution in [2.75, 3.05) is 10.6 Å². The average molecular weight is 433 g/mol. The minimum absolute atomic E-state index is 0.0895. The number of hydrogen-bond donors (Lipinski definition) is 2. The van der Waals surface area contributed by atoms with E-state index in [9.17, 15) is 14.4 Å². The van der Waals surface area contributed by atoms with Gasteiger partial charge in [-0.1, -0.05) is 70.2 Å². The van der Waals surface area contributed by atoms with Crippen molar-refractivity contribution >= 4 is 23.2 Å². The van der Waals surface area contributed by atoms with Crippen LogP contribution in [0.2, 0.25) is 0 Å². The summed E-state index contributed by atoms with van der Waals surface area (Å²) >= 11 is 0. The molecule has 1 heterocycles. The van der Waals surface area contributed by atoms with Gasteiger partial charge in [0.25, 0.3) is 5.56 Å². The zero-order chi connectivity index (χ0) is 23.3. The molecule has 0 spiro atoms. The van der Waals surface area contributed by atoms with Gasteiger partial charge in [-0.05, 0) is 29.7 Å². The first-order chi connectivity index (χ1) is 15.2. The summed E-state index contributed by atoms with van der Waals surface area (Å²) in [6.07, 6.45) is 0. The van der Waals surface area contributed by atoms with Crippen LogP contribution in [0, 0.1) is 5.92 Å².